The van der Waals surface area contributed by atoms with Crippen LogP contribution in [-0.4, -0.2) is 23.5 Å². The second-order valence-electron chi connectivity index (χ2n) is 6.20. The summed E-state index contributed by atoms with van der Waals surface area (Å²) in [7, 11) is 0. The van der Waals surface area contributed by atoms with Gasteiger partial charge < -0.3 is 16.0 Å². The third-order valence-corrected chi connectivity index (χ3v) is 4.29. The van der Waals surface area contributed by atoms with Crippen molar-refractivity contribution in [1.29, 1.82) is 0 Å². The van der Waals surface area contributed by atoms with Crippen molar-refractivity contribution in [1.82, 2.24) is 15.6 Å². The van der Waals surface area contributed by atoms with Gasteiger partial charge in [0.1, 0.15) is 0 Å². The number of amides is 3. The smallest absolute Gasteiger partial charge is 0.315 e. The van der Waals surface area contributed by atoms with Crippen molar-refractivity contribution in [2.45, 2.75) is 32.2 Å². The van der Waals surface area contributed by atoms with Gasteiger partial charge >= 0.3 is 6.03 Å². The molecule has 1 aromatic carbocycles. The monoisotopic (exact) mass is 338 g/mol. The molecule has 6 nitrogen and oxygen atoms in total. The minimum atomic E-state index is -0.192. The predicted octanol–water partition coefficient (Wildman–Crippen LogP) is 2.57. The van der Waals surface area contributed by atoms with Crippen molar-refractivity contribution in [3.63, 3.8) is 0 Å². The topological polar surface area (TPSA) is 83.1 Å². The highest BCUT2D eigenvalue weighted by Gasteiger charge is 2.17. The summed E-state index contributed by atoms with van der Waals surface area (Å²) in [5.74, 6) is 0.0550. The first-order valence-electron chi connectivity index (χ1n) is 8.48. The van der Waals surface area contributed by atoms with Gasteiger partial charge in [0.2, 0.25) is 5.91 Å². The molecule has 3 rings (SSSR count). The van der Waals surface area contributed by atoms with Crippen LogP contribution < -0.4 is 16.0 Å². The standard InChI is InChI=1S/C19H22N4O2/c1-13(15-4-6-17-16(11-15)5-7-18(24)23-17)22-19(25)21-10-8-14-3-2-9-20-12-14/h2-4,6,9,11-13H,5,7-8,10H2,1H3,(H,23,24)(H2,21,22,25)/t13-/m1/s1. The van der Waals surface area contributed by atoms with E-state index in [1.165, 1.54) is 0 Å². The van der Waals surface area contributed by atoms with Crippen molar-refractivity contribution in [2.75, 3.05) is 11.9 Å². The Hall–Kier alpha value is -2.89. The SMILES string of the molecule is C[C@@H](NC(=O)NCCc1cccnc1)c1ccc2c(c1)CCC(=O)N2. The van der Waals surface area contributed by atoms with Crippen molar-refractivity contribution in [3.8, 4) is 0 Å². The Morgan fingerprint density at radius 3 is 3.00 bits per heavy atom. The fourth-order valence-electron chi connectivity index (χ4n) is 2.87. The van der Waals surface area contributed by atoms with E-state index in [0.29, 0.717) is 13.0 Å². The van der Waals surface area contributed by atoms with Crippen LogP contribution in [0.1, 0.15) is 36.1 Å². The van der Waals surface area contributed by atoms with E-state index in [2.05, 4.69) is 27.0 Å². The van der Waals surface area contributed by atoms with Crippen LogP contribution in [0.25, 0.3) is 0 Å². The molecule has 0 unspecified atom stereocenters. The number of benzene rings is 1. The van der Waals surface area contributed by atoms with E-state index in [4.69, 9.17) is 0 Å². The lowest BCUT2D eigenvalue weighted by Gasteiger charge is -2.20. The Morgan fingerprint density at radius 2 is 2.20 bits per heavy atom. The predicted molar refractivity (Wildman–Crippen MR) is 96.3 cm³/mol. The van der Waals surface area contributed by atoms with Gasteiger partial charge in [-0.15, -0.1) is 0 Å². The number of aryl methyl sites for hydroxylation is 1. The number of hydrogen-bond acceptors (Lipinski definition) is 3. The largest absolute Gasteiger partial charge is 0.338 e. The summed E-state index contributed by atoms with van der Waals surface area (Å²) >= 11 is 0. The quantitative estimate of drug-likeness (QED) is 0.783. The molecule has 1 aromatic heterocycles. The van der Waals surface area contributed by atoms with Gasteiger partial charge in [0, 0.05) is 31.0 Å². The van der Waals surface area contributed by atoms with Crippen molar-refractivity contribution < 1.29 is 9.59 Å². The molecule has 0 bridgehead atoms. The zero-order valence-electron chi connectivity index (χ0n) is 14.2. The third kappa shape index (κ3) is 4.56. The highest BCUT2D eigenvalue weighted by molar-refractivity contribution is 5.93. The first-order chi connectivity index (χ1) is 12.1. The maximum Gasteiger partial charge on any atom is 0.315 e. The molecule has 130 valence electrons. The van der Waals surface area contributed by atoms with E-state index in [0.717, 1.165) is 35.2 Å². The van der Waals surface area contributed by atoms with Crippen LogP contribution in [0.15, 0.2) is 42.7 Å². The molecule has 0 saturated carbocycles. The van der Waals surface area contributed by atoms with E-state index in [1.54, 1.807) is 12.4 Å². The van der Waals surface area contributed by atoms with Crippen molar-refractivity contribution in [3.05, 3.63) is 59.4 Å². The van der Waals surface area contributed by atoms with Gasteiger partial charge in [0.15, 0.2) is 0 Å². The maximum atomic E-state index is 12.1. The molecule has 1 aliphatic heterocycles. The minimum Gasteiger partial charge on any atom is -0.338 e. The number of pyridine rings is 1. The van der Waals surface area contributed by atoms with Crippen LogP contribution in [0.5, 0.6) is 0 Å². The number of fused-ring (bicyclic) bond motifs is 1. The summed E-state index contributed by atoms with van der Waals surface area (Å²) in [6.45, 7) is 2.50. The molecule has 2 aromatic rings. The molecule has 0 spiro atoms. The summed E-state index contributed by atoms with van der Waals surface area (Å²) in [6, 6.07) is 9.46. The van der Waals surface area contributed by atoms with Gasteiger partial charge in [0.25, 0.3) is 0 Å². The van der Waals surface area contributed by atoms with E-state index in [9.17, 15) is 9.59 Å². The number of hydrogen-bond donors (Lipinski definition) is 3. The molecule has 0 saturated heterocycles. The molecule has 0 fully saturated rings. The number of aromatic nitrogens is 1. The number of carbonyl (C=O) groups excluding carboxylic acids is 2. The van der Waals surface area contributed by atoms with Crippen molar-refractivity contribution >= 4 is 17.6 Å². The lowest BCUT2D eigenvalue weighted by atomic mass is 9.98. The molecule has 2 heterocycles. The highest BCUT2D eigenvalue weighted by Crippen LogP contribution is 2.26. The molecule has 25 heavy (non-hydrogen) atoms. The summed E-state index contributed by atoms with van der Waals surface area (Å²) in [5.41, 5.74) is 4.10. The number of nitrogens with one attached hydrogen (secondary N) is 3. The van der Waals surface area contributed by atoms with Gasteiger partial charge in [0.05, 0.1) is 6.04 Å². The second-order valence-corrected chi connectivity index (χ2v) is 6.20. The van der Waals surface area contributed by atoms with Crippen LogP contribution >= 0.6 is 0 Å². The number of carbonyl (C=O) groups is 2. The van der Waals surface area contributed by atoms with Crippen LogP contribution in [-0.2, 0) is 17.6 Å². The Balaban J connectivity index is 1.50. The molecule has 1 aliphatic rings. The number of urea groups is 1. The average Bonchev–Trinajstić information content (AvgIpc) is 2.62. The first kappa shape index (κ1) is 17.0. The highest BCUT2D eigenvalue weighted by atomic mass is 16.2. The zero-order chi connectivity index (χ0) is 17.6. The second kappa shape index (κ2) is 7.79. The van der Waals surface area contributed by atoms with Crippen LogP contribution in [0.3, 0.4) is 0 Å². The molecular formula is C19H22N4O2. The summed E-state index contributed by atoms with van der Waals surface area (Å²) < 4.78 is 0. The Kier molecular flexibility index (Phi) is 5.28. The molecule has 1 atom stereocenters. The van der Waals surface area contributed by atoms with Gasteiger partial charge in [-0.05, 0) is 48.6 Å². The Labute approximate surface area is 147 Å². The Morgan fingerprint density at radius 1 is 1.32 bits per heavy atom. The average molecular weight is 338 g/mol. The third-order valence-electron chi connectivity index (χ3n) is 4.29. The summed E-state index contributed by atoms with van der Waals surface area (Å²) in [6.07, 6.45) is 5.52. The fraction of sp³-hybridized carbons (Fsp3) is 0.316. The molecule has 3 amide bonds. The molecule has 0 aliphatic carbocycles. The van der Waals surface area contributed by atoms with Crippen LogP contribution in [0, 0.1) is 0 Å². The first-order valence-corrected chi connectivity index (χ1v) is 8.48. The molecule has 0 radical (unpaired) electrons. The van der Waals surface area contributed by atoms with E-state index in [-0.39, 0.29) is 18.0 Å². The summed E-state index contributed by atoms with van der Waals surface area (Å²) in [5, 5.41) is 8.68. The maximum absolute atomic E-state index is 12.1. The molecular weight excluding hydrogens is 316 g/mol. The number of nitrogens with zero attached hydrogens (tertiary/aromatic N) is 1. The van der Waals surface area contributed by atoms with Crippen LogP contribution in [0.4, 0.5) is 10.5 Å². The minimum absolute atomic E-state index is 0.0550. The lowest BCUT2D eigenvalue weighted by molar-refractivity contribution is -0.116. The van der Waals surface area contributed by atoms with Gasteiger partial charge in [-0.3, -0.25) is 9.78 Å². The van der Waals surface area contributed by atoms with Gasteiger partial charge in [-0.25, -0.2) is 4.79 Å². The fourth-order valence-corrected chi connectivity index (χ4v) is 2.87. The molecule has 3 N–H and O–H groups in total. The van der Waals surface area contributed by atoms with Gasteiger partial charge in [-0.2, -0.15) is 0 Å². The number of rotatable bonds is 5. The van der Waals surface area contributed by atoms with E-state index < -0.39 is 0 Å². The van der Waals surface area contributed by atoms with Crippen LogP contribution in [0.2, 0.25) is 0 Å². The van der Waals surface area contributed by atoms with E-state index in [1.807, 2.05) is 31.2 Å². The normalized spacial score (nSPS) is 14.2. The Bertz CT molecular complexity index is 761. The van der Waals surface area contributed by atoms with Gasteiger partial charge in [-0.1, -0.05) is 18.2 Å². The van der Waals surface area contributed by atoms with E-state index >= 15 is 0 Å². The molecule has 6 heteroatoms. The zero-order valence-corrected chi connectivity index (χ0v) is 14.2. The lowest BCUT2D eigenvalue weighted by Crippen LogP contribution is -2.38. The number of anilines is 1. The summed E-state index contributed by atoms with van der Waals surface area (Å²) in [4.78, 5) is 27.5. The van der Waals surface area contributed by atoms with Crippen molar-refractivity contribution in [2.24, 2.45) is 0 Å².